The summed E-state index contributed by atoms with van der Waals surface area (Å²) in [5, 5.41) is 21.9. The molecular weight excluding hydrogens is 298 g/mol. The number of rotatable bonds is 3. The maximum Gasteiger partial charge on any atom is 0.291 e. The summed E-state index contributed by atoms with van der Waals surface area (Å²) >= 11 is 0. The molecule has 1 saturated heterocycles. The number of carbonyl (C=O) groups is 1. The maximum atomic E-state index is 12.1. The molecule has 0 radical (unpaired) electrons. The van der Waals surface area contributed by atoms with Gasteiger partial charge in [-0.15, -0.1) is 0 Å². The standard InChI is InChI=1S/C16H17N3O4/c20-12-6-7-23-16(13(12)21)19-15(22)14-17-8-11(9-18-14)10-4-2-1-3-5-10/h1-5,8-9,12-13,16,20-21H,6-7H2,(H,19,22). The largest absolute Gasteiger partial charge is 0.390 e. The fourth-order valence-electron chi connectivity index (χ4n) is 2.33. The maximum absolute atomic E-state index is 12.1. The minimum Gasteiger partial charge on any atom is -0.390 e. The van der Waals surface area contributed by atoms with Crippen molar-refractivity contribution < 1.29 is 19.7 Å². The van der Waals surface area contributed by atoms with E-state index in [-0.39, 0.29) is 12.4 Å². The van der Waals surface area contributed by atoms with Gasteiger partial charge in [0, 0.05) is 18.0 Å². The summed E-state index contributed by atoms with van der Waals surface area (Å²) in [4.78, 5) is 20.2. The van der Waals surface area contributed by atoms with Crippen LogP contribution in [0.2, 0.25) is 0 Å². The van der Waals surface area contributed by atoms with Gasteiger partial charge in [0.15, 0.2) is 6.23 Å². The van der Waals surface area contributed by atoms with Crippen LogP contribution in [-0.2, 0) is 4.74 Å². The minimum atomic E-state index is -1.17. The van der Waals surface area contributed by atoms with Gasteiger partial charge in [0.1, 0.15) is 6.10 Å². The molecule has 7 nitrogen and oxygen atoms in total. The van der Waals surface area contributed by atoms with Crippen molar-refractivity contribution in [2.75, 3.05) is 6.61 Å². The molecular formula is C16H17N3O4. The van der Waals surface area contributed by atoms with E-state index >= 15 is 0 Å². The molecule has 0 aliphatic carbocycles. The predicted molar refractivity (Wildman–Crippen MR) is 81.3 cm³/mol. The predicted octanol–water partition coefficient (Wildman–Crippen LogP) is 0.342. The van der Waals surface area contributed by atoms with Gasteiger partial charge in [-0.2, -0.15) is 0 Å². The van der Waals surface area contributed by atoms with Gasteiger partial charge >= 0.3 is 0 Å². The van der Waals surface area contributed by atoms with Gasteiger partial charge in [0.05, 0.1) is 12.7 Å². The number of aromatic nitrogens is 2. The Kier molecular flexibility index (Phi) is 4.61. The zero-order chi connectivity index (χ0) is 16.2. The average molecular weight is 315 g/mol. The van der Waals surface area contributed by atoms with Crippen molar-refractivity contribution in [2.24, 2.45) is 0 Å². The number of ether oxygens (including phenoxy) is 1. The second kappa shape index (κ2) is 6.82. The number of aliphatic hydroxyl groups excluding tert-OH is 2. The van der Waals surface area contributed by atoms with E-state index in [2.05, 4.69) is 15.3 Å². The molecule has 1 amide bonds. The van der Waals surface area contributed by atoms with E-state index in [0.717, 1.165) is 11.1 Å². The van der Waals surface area contributed by atoms with E-state index in [1.54, 1.807) is 12.4 Å². The third-order valence-electron chi connectivity index (χ3n) is 3.65. The van der Waals surface area contributed by atoms with Crippen molar-refractivity contribution in [3.8, 4) is 11.1 Å². The Morgan fingerprint density at radius 3 is 2.52 bits per heavy atom. The van der Waals surface area contributed by atoms with Gasteiger partial charge in [-0.1, -0.05) is 30.3 Å². The van der Waals surface area contributed by atoms with Gasteiger partial charge in [0.2, 0.25) is 5.82 Å². The van der Waals surface area contributed by atoms with Gasteiger partial charge in [0.25, 0.3) is 5.91 Å². The van der Waals surface area contributed by atoms with Crippen LogP contribution in [0.5, 0.6) is 0 Å². The zero-order valence-electron chi connectivity index (χ0n) is 12.3. The smallest absolute Gasteiger partial charge is 0.291 e. The van der Waals surface area contributed by atoms with Crippen LogP contribution in [0.15, 0.2) is 42.7 Å². The quantitative estimate of drug-likeness (QED) is 0.754. The van der Waals surface area contributed by atoms with E-state index in [1.807, 2.05) is 30.3 Å². The molecule has 120 valence electrons. The summed E-state index contributed by atoms with van der Waals surface area (Å²) < 4.78 is 5.25. The van der Waals surface area contributed by atoms with E-state index in [4.69, 9.17) is 4.74 Å². The lowest BCUT2D eigenvalue weighted by Crippen LogP contribution is -2.53. The molecule has 3 N–H and O–H groups in total. The van der Waals surface area contributed by atoms with Crippen molar-refractivity contribution >= 4 is 5.91 Å². The minimum absolute atomic E-state index is 0.0273. The van der Waals surface area contributed by atoms with Gasteiger partial charge in [-0.3, -0.25) is 4.79 Å². The van der Waals surface area contributed by atoms with Crippen LogP contribution >= 0.6 is 0 Å². The second-order valence-electron chi connectivity index (χ2n) is 5.27. The summed E-state index contributed by atoms with van der Waals surface area (Å²) in [6, 6.07) is 9.57. The molecule has 7 heteroatoms. The first kappa shape index (κ1) is 15.5. The van der Waals surface area contributed by atoms with Crippen LogP contribution in [0.1, 0.15) is 17.0 Å². The summed E-state index contributed by atoms with van der Waals surface area (Å²) in [6.45, 7) is 0.261. The number of amides is 1. The summed E-state index contributed by atoms with van der Waals surface area (Å²) in [6.07, 6.45) is 0.389. The molecule has 1 aliphatic heterocycles. The van der Waals surface area contributed by atoms with E-state index in [1.165, 1.54) is 0 Å². The molecule has 23 heavy (non-hydrogen) atoms. The fraction of sp³-hybridized carbons (Fsp3) is 0.312. The monoisotopic (exact) mass is 315 g/mol. The Morgan fingerprint density at radius 1 is 1.13 bits per heavy atom. The summed E-state index contributed by atoms with van der Waals surface area (Å²) in [7, 11) is 0. The summed E-state index contributed by atoms with van der Waals surface area (Å²) in [5.74, 6) is -0.594. The highest BCUT2D eigenvalue weighted by molar-refractivity contribution is 5.90. The number of hydrogen-bond acceptors (Lipinski definition) is 6. The molecule has 3 unspecified atom stereocenters. The highest BCUT2D eigenvalue weighted by Crippen LogP contribution is 2.17. The van der Waals surface area contributed by atoms with Crippen molar-refractivity contribution in [3.63, 3.8) is 0 Å². The van der Waals surface area contributed by atoms with Crippen molar-refractivity contribution in [3.05, 3.63) is 48.5 Å². The lowest BCUT2D eigenvalue weighted by molar-refractivity contribution is -0.141. The SMILES string of the molecule is O=C(NC1OCCC(O)C1O)c1ncc(-c2ccccc2)cn1. The van der Waals surface area contributed by atoms with Crippen LogP contribution in [-0.4, -0.2) is 51.1 Å². The molecule has 1 fully saturated rings. The first-order chi connectivity index (χ1) is 11.1. The number of carbonyl (C=O) groups excluding carboxylic acids is 1. The van der Waals surface area contributed by atoms with E-state index in [9.17, 15) is 15.0 Å². The first-order valence-corrected chi connectivity index (χ1v) is 7.31. The Bertz CT molecular complexity index is 663. The number of benzene rings is 1. The summed E-state index contributed by atoms with van der Waals surface area (Å²) in [5.41, 5.74) is 1.75. The van der Waals surface area contributed by atoms with Gasteiger partial charge < -0.3 is 20.3 Å². The number of nitrogens with zero attached hydrogens (tertiary/aromatic N) is 2. The molecule has 1 aromatic carbocycles. The normalized spacial score (nSPS) is 24.2. The number of aliphatic hydroxyl groups is 2. The third-order valence-corrected chi connectivity index (χ3v) is 3.65. The Morgan fingerprint density at radius 2 is 1.83 bits per heavy atom. The second-order valence-corrected chi connectivity index (χ2v) is 5.27. The fourth-order valence-corrected chi connectivity index (χ4v) is 2.33. The van der Waals surface area contributed by atoms with Crippen molar-refractivity contribution in [1.29, 1.82) is 0 Å². The Balaban J connectivity index is 1.68. The first-order valence-electron chi connectivity index (χ1n) is 7.31. The molecule has 2 heterocycles. The molecule has 1 aromatic heterocycles. The highest BCUT2D eigenvalue weighted by Gasteiger charge is 2.33. The third kappa shape index (κ3) is 3.53. The molecule has 3 rings (SSSR count). The molecule has 0 saturated carbocycles. The van der Waals surface area contributed by atoms with Crippen molar-refractivity contribution in [1.82, 2.24) is 15.3 Å². The van der Waals surface area contributed by atoms with Crippen LogP contribution < -0.4 is 5.32 Å². The van der Waals surface area contributed by atoms with Gasteiger partial charge in [-0.05, 0) is 12.0 Å². The van der Waals surface area contributed by atoms with Crippen LogP contribution in [0.4, 0.5) is 0 Å². The number of hydrogen-bond donors (Lipinski definition) is 3. The van der Waals surface area contributed by atoms with E-state index < -0.39 is 24.3 Å². The molecule has 2 aromatic rings. The number of nitrogens with one attached hydrogen (secondary N) is 1. The molecule has 0 bridgehead atoms. The van der Waals surface area contributed by atoms with E-state index in [0.29, 0.717) is 6.42 Å². The Labute approximate surface area is 133 Å². The topological polar surface area (TPSA) is 105 Å². The van der Waals surface area contributed by atoms with Crippen LogP contribution in [0.3, 0.4) is 0 Å². The van der Waals surface area contributed by atoms with Gasteiger partial charge in [-0.25, -0.2) is 9.97 Å². The average Bonchev–Trinajstić information content (AvgIpc) is 2.60. The zero-order valence-corrected chi connectivity index (χ0v) is 12.3. The van der Waals surface area contributed by atoms with Crippen LogP contribution in [0.25, 0.3) is 11.1 Å². The molecule has 3 atom stereocenters. The Hall–Kier alpha value is -2.35. The lowest BCUT2D eigenvalue weighted by atomic mass is 10.1. The van der Waals surface area contributed by atoms with Crippen LogP contribution in [0, 0.1) is 0 Å². The highest BCUT2D eigenvalue weighted by atomic mass is 16.5. The van der Waals surface area contributed by atoms with Crippen molar-refractivity contribution in [2.45, 2.75) is 24.9 Å². The molecule has 0 spiro atoms. The molecule has 1 aliphatic rings. The lowest BCUT2D eigenvalue weighted by Gasteiger charge is -2.32.